The Labute approximate surface area is 212 Å². The van der Waals surface area contributed by atoms with Crippen molar-refractivity contribution in [3.8, 4) is 11.5 Å². The molecule has 0 bridgehead atoms. The fraction of sp³-hybridized carbons (Fsp3) is 0.417. The molecular formula is C24H25Cl3F2O5. The summed E-state index contributed by atoms with van der Waals surface area (Å²) in [5, 5.41) is 0.673. The smallest absolute Gasteiger partial charge is 0.418 e. The average molecular weight is 538 g/mol. The summed E-state index contributed by atoms with van der Waals surface area (Å²) in [5.74, 6) is -3.14. The van der Waals surface area contributed by atoms with E-state index in [4.69, 9.17) is 39.5 Å². The zero-order valence-corrected chi connectivity index (χ0v) is 21.1. The van der Waals surface area contributed by atoms with Crippen LogP contribution < -0.4 is 9.47 Å². The number of carbonyl (C=O) groups is 2. The Hall–Kier alpha value is -2.09. The van der Waals surface area contributed by atoms with Crippen LogP contribution in [0, 0.1) is 5.92 Å². The van der Waals surface area contributed by atoms with Gasteiger partial charge in [-0.1, -0.05) is 49.2 Å². The Morgan fingerprint density at radius 1 is 1.09 bits per heavy atom. The largest absolute Gasteiger partial charge is 0.490 e. The fourth-order valence-corrected chi connectivity index (χ4v) is 3.82. The lowest BCUT2D eigenvalue weighted by atomic mass is 9.78. The summed E-state index contributed by atoms with van der Waals surface area (Å²) in [4.78, 5) is 22.7. The average Bonchev–Trinajstić information content (AvgIpc) is 2.76. The quantitative estimate of drug-likeness (QED) is 0.0994. The van der Waals surface area contributed by atoms with Crippen molar-refractivity contribution in [3.05, 3.63) is 57.6 Å². The van der Waals surface area contributed by atoms with Gasteiger partial charge in [-0.05, 0) is 48.7 Å². The monoisotopic (exact) mass is 536 g/mol. The van der Waals surface area contributed by atoms with Gasteiger partial charge in [0.05, 0.1) is 23.3 Å². The standard InChI is InChI=1S/C24H25Cl3F2O5/c1-4-32-22(31)18(14-30)24(28,29)34-17-8-6-15(7-9-17)23(2,3)16-12-19(26)21(20(27)13-16)33-11-5-10-25/h6-9,12-14,18H,4-5,10-11H2,1-3H3/t18-/m1/s1. The molecule has 0 saturated carbocycles. The van der Waals surface area contributed by atoms with Gasteiger partial charge in [0.1, 0.15) is 12.0 Å². The van der Waals surface area contributed by atoms with Gasteiger partial charge in [-0.3, -0.25) is 4.79 Å². The molecule has 0 radical (unpaired) electrons. The highest BCUT2D eigenvalue weighted by Gasteiger charge is 2.48. The first-order valence-corrected chi connectivity index (χ1v) is 11.7. The number of aldehydes is 1. The molecule has 0 saturated heterocycles. The third-order valence-corrected chi connectivity index (χ3v) is 5.94. The van der Waals surface area contributed by atoms with Crippen LogP contribution in [0.1, 0.15) is 38.3 Å². The second kappa shape index (κ2) is 12.0. The Balaban J connectivity index is 2.24. The van der Waals surface area contributed by atoms with Gasteiger partial charge >= 0.3 is 12.1 Å². The van der Waals surface area contributed by atoms with Gasteiger partial charge < -0.3 is 19.0 Å². The zero-order valence-electron chi connectivity index (χ0n) is 18.9. The molecule has 0 aliphatic rings. The minimum absolute atomic E-state index is 0.141. The summed E-state index contributed by atoms with van der Waals surface area (Å²) in [6, 6.07) is 9.30. The second-order valence-electron chi connectivity index (χ2n) is 7.84. The molecule has 0 aliphatic carbocycles. The SMILES string of the molecule is CCOC(=O)[C@@H](C=O)C(F)(F)Oc1ccc(C(C)(C)c2cc(Cl)c(OCCCCl)c(Cl)c2)cc1. The van der Waals surface area contributed by atoms with Crippen LogP contribution in [0.15, 0.2) is 36.4 Å². The van der Waals surface area contributed by atoms with Crippen molar-refractivity contribution in [2.45, 2.75) is 38.7 Å². The zero-order chi connectivity index (χ0) is 25.5. The maximum atomic E-state index is 14.4. The molecule has 0 N–H and O–H groups in total. The molecular weight excluding hydrogens is 513 g/mol. The lowest BCUT2D eigenvalue weighted by Crippen LogP contribution is -2.41. The van der Waals surface area contributed by atoms with Gasteiger partial charge in [-0.2, -0.15) is 8.78 Å². The molecule has 0 aromatic heterocycles. The predicted molar refractivity (Wildman–Crippen MR) is 128 cm³/mol. The first-order valence-electron chi connectivity index (χ1n) is 10.5. The second-order valence-corrected chi connectivity index (χ2v) is 9.03. The first-order chi connectivity index (χ1) is 16.0. The van der Waals surface area contributed by atoms with E-state index in [1.165, 1.54) is 19.1 Å². The molecule has 10 heteroatoms. The molecule has 0 fully saturated rings. The maximum Gasteiger partial charge on any atom is 0.418 e. The van der Waals surface area contributed by atoms with Crippen molar-refractivity contribution in [2.24, 2.45) is 5.92 Å². The highest BCUT2D eigenvalue weighted by Crippen LogP contribution is 2.41. The predicted octanol–water partition coefficient (Wildman–Crippen LogP) is 6.68. The van der Waals surface area contributed by atoms with E-state index >= 15 is 0 Å². The Kier molecular flexibility index (Phi) is 9.97. The summed E-state index contributed by atoms with van der Waals surface area (Å²) >= 11 is 18.4. The molecule has 186 valence electrons. The van der Waals surface area contributed by atoms with Crippen LogP contribution in [0.5, 0.6) is 11.5 Å². The van der Waals surface area contributed by atoms with E-state index in [2.05, 4.69) is 9.47 Å². The summed E-state index contributed by atoms with van der Waals surface area (Å²) in [7, 11) is 0. The topological polar surface area (TPSA) is 61.8 Å². The van der Waals surface area contributed by atoms with Crippen LogP contribution in [0.3, 0.4) is 0 Å². The van der Waals surface area contributed by atoms with Crippen molar-refractivity contribution in [2.75, 3.05) is 19.1 Å². The summed E-state index contributed by atoms with van der Waals surface area (Å²) in [6.07, 6.45) is -3.63. The van der Waals surface area contributed by atoms with E-state index in [9.17, 15) is 18.4 Å². The van der Waals surface area contributed by atoms with Gasteiger partial charge in [-0.25, -0.2) is 0 Å². The lowest BCUT2D eigenvalue weighted by molar-refractivity contribution is -0.218. The third-order valence-electron chi connectivity index (χ3n) is 5.11. The van der Waals surface area contributed by atoms with Crippen molar-refractivity contribution < 1.29 is 32.6 Å². The highest BCUT2D eigenvalue weighted by atomic mass is 35.5. The first kappa shape index (κ1) is 28.1. The van der Waals surface area contributed by atoms with E-state index in [0.29, 0.717) is 34.7 Å². The molecule has 0 aliphatic heterocycles. The number of rotatable bonds is 12. The molecule has 0 spiro atoms. The van der Waals surface area contributed by atoms with Crippen LogP contribution in [0.2, 0.25) is 10.0 Å². The molecule has 34 heavy (non-hydrogen) atoms. The van der Waals surface area contributed by atoms with Crippen LogP contribution in [0.25, 0.3) is 0 Å². The van der Waals surface area contributed by atoms with Crippen LogP contribution in [-0.4, -0.2) is 37.5 Å². The van der Waals surface area contributed by atoms with E-state index in [0.717, 1.165) is 11.1 Å². The molecule has 2 aromatic rings. The van der Waals surface area contributed by atoms with Crippen molar-refractivity contribution >= 4 is 47.1 Å². The normalized spacial score (nSPS) is 12.7. The Bertz CT molecular complexity index is 974. The number of hydrogen-bond acceptors (Lipinski definition) is 5. The van der Waals surface area contributed by atoms with E-state index < -0.39 is 23.4 Å². The summed E-state index contributed by atoms with van der Waals surface area (Å²) in [6.45, 7) is 5.51. The van der Waals surface area contributed by atoms with E-state index in [1.807, 2.05) is 13.8 Å². The molecule has 0 heterocycles. The minimum Gasteiger partial charge on any atom is -0.490 e. The molecule has 1 atom stereocenters. The van der Waals surface area contributed by atoms with Gasteiger partial charge in [0.2, 0.25) is 5.92 Å². The summed E-state index contributed by atoms with van der Waals surface area (Å²) < 4.78 is 43.6. The Morgan fingerprint density at radius 2 is 1.68 bits per heavy atom. The summed E-state index contributed by atoms with van der Waals surface area (Å²) in [5.41, 5.74) is 0.914. The van der Waals surface area contributed by atoms with Crippen LogP contribution in [0.4, 0.5) is 8.78 Å². The molecule has 0 unspecified atom stereocenters. The lowest BCUT2D eigenvalue weighted by Gasteiger charge is -2.28. The number of carbonyl (C=O) groups excluding carboxylic acids is 2. The van der Waals surface area contributed by atoms with Crippen LogP contribution >= 0.6 is 34.8 Å². The molecule has 5 nitrogen and oxygen atoms in total. The number of halogens is 5. The fourth-order valence-electron chi connectivity index (χ4n) is 3.12. The number of benzene rings is 2. The van der Waals surface area contributed by atoms with E-state index in [1.54, 1.807) is 24.3 Å². The molecule has 0 amide bonds. The van der Waals surface area contributed by atoms with Gasteiger partial charge in [0, 0.05) is 11.3 Å². The number of ether oxygens (including phenoxy) is 3. The highest BCUT2D eigenvalue weighted by molar-refractivity contribution is 6.37. The van der Waals surface area contributed by atoms with Gasteiger partial charge in [0.25, 0.3) is 0 Å². The maximum absolute atomic E-state index is 14.4. The Morgan fingerprint density at radius 3 is 2.18 bits per heavy atom. The number of alkyl halides is 3. The number of esters is 1. The van der Waals surface area contributed by atoms with Crippen molar-refractivity contribution in [1.29, 1.82) is 0 Å². The van der Waals surface area contributed by atoms with Gasteiger partial charge in [-0.15, -0.1) is 11.6 Å². The third kappa shape index (κ3) is 6.74. The van der Waals surface area contributed by atoms with Crippen LogP contribution in [-0.2, 0) is 19.7 Å². The van der Waals surface area contributed by atoms with Gasteiger partial charge in [0.15, 0.2) is 5.75 Å². The number of hydrogen-bond donors (Lipinski definition) is 0. The van der Waals surface area contributed by atoms with Crippen molar-refractivity contribution in [1.82, 2.24) is 0 Å². The molecule has 2 rings (SSSR count). The minimum atomic E-state index is -4.08. The van der Waals surface area contributed by atoms with Crippen molar-refractivity contribution in [3.63, 3.8) is 0 Å². The van der Waals surface area contributed by atoms with E-state index in [-0.39, 0.29) is 18.6 Å². The molecule has 2 aromatic carbocycles.